The quantitative estimate of drug-likeness (QED) is 0.833. The summed E-state index contributed by atoms with van der Waals surface area (Å²) in [6, 6.07) is 5.11. The Morgan fingerprint density at radius 2 is 2.20 bits per heavy atom. The van der Waals surface area contributed by atoms with Gasteiger partial charge in [0.05, 0.1) is 11.6 Å². The van der Waals surface area contributed by atoms with Crippen molar-refractivity contribution in [2.75, 3.05) is 10.8 Å². The lowest BCUT2D eigenvalue weighted by molar-refractivity contribution is 0.623. The number of nitrogens with one attached hydrogen (secondary N) is 1. The molecule has 1 N–H and O–H groups in total. The predicted molar refractivity (Wildman–Crippen MR) is 63.2 cm³/mol. The average Bonchev–Trinajstić information content (AvgIpc) is 2.18. The van der Waals surface area contributed by atoms with Crippen LogP contribution in [0.4, 0.5) is 10.1 Å². The van der Waals surface area contributed by atoms with E-state index in [1.165, 1.54) is 17.8 Å². The van der Waals surface area contributed by atoms with Crippen LogP contribution in [-0.2, 0) is 0 Å². The second-order valence-corrected chi connectivity index (χ2v) is 4.77. The third kappa shape index (κ3) is 1.74. The molecule has 80 valence electrons. The molecule has 15 heavy (non-hydrogen) atoms. The minimum atomic E-state index is -0.230. The molecule has 0 bridgehead atoms. The lowest BCUT2D eigenvalue weighted by Crippen LogP contribution is -2.39. The Bertz CT molecular complexity index is 404. The number of hydrogen-bond donors (Lipinski definition) is 1. The van der Waals surface area contributed by atoms with Gasteiger partial charge in [-0.2, -0.15) is 0 Å². The van der Waals surface area contributed by atoms with Gasteiger partial charge < -0.3 is 4.90 Å². The summed E-state index contributed by atoms with van der Waals surface area (Å²) in [5.74, 6) is 0.722. The Morgan fingerprint density at radius 1 is 1.47 bits per heavy atom. The van der Waals surface area contributed by atoms with Gasteiger partial charge in [0.1, 0.15) is 5.82 Å². The number of halogens is 1. The summed E-state index contributed by atoms with van der Waals surface area (Å²) in [5, 5.41) is 8.01. The van der Waals surface area contributed by atoms with Crippen molar-refractivity contribution in [2.45, 2.75) is 19.8 Å². The van der Waals surface area contributed by atoms with Crippen LogP contribution < -0.4 is 4.90 Å². The van der Waals surface area contributed by atoms with Gasteiger partial charge in [-0.1, -0.05) is 37.7 Å². The molecular formula is C11H13FN2S. The second kappa shape index (κ2) is 3.85. The first kappa shape index (κ1) is 10.5. The van der Waals surface area contributed by atoms with Gasteiger partial charge in [-0.3, -0.25) is 5.41 Å². The minimum absolute atomic E-state index is 0.230. The van der Waals surface area contributed by atoms with Crippen LogP contribution in [0.1, 0.15) is 25.3 Å². The number of para-hydroxylation sites is 1. The molecule has 1 aliphatic rings. The first-order valence-corrected chi connectivity index (χ1v) is 5.87. The van der Waals surface area contributed by atoms with E-state index in [1.54, 1.807) is 11.0 Å². The van der Waals surface area contributed by atoms with Crippen LogP contribution in [0.15, 0.2) is 18.2 Å². The van der Waals surface area contributed by atoms with Gasteiger partial charge in [0.2, 0.25) is 0 Å². The maximum atomic E-state index is 13.7. The van der Waals surface area contributed by atoms with Crippen molar-refractivity contribution < 1.29 is 4.39 Å². The number of amidine groups is 1. The summed E-state index contributed by atoms with van der Waals surface area (Å²) in [6.07, 6.45) is 0. The molecule has 0 saturated carbocycles. The first-order valence-electron chi connectivity index (χ1n) is 4.88. The molecule has 1 aromatic rings. The molecule has 1 fully saturated rings. The molecule has 0 amide bonds. The maximum Gasteiger partial charge on any atom is 0.163 e. The fourth-order valence-electron chi connectivity index (χ4n) is 1.64. The topological polar surface area (TPSA) is 27.1 Å². The van der Waals surface area contributed by atoms with E-state index in [9.17, 15) is 4.39 Å². The van der Waals surface area contributed by atoms with Crippen molar-refractivity contribution in [3.05, 3.63) is 29.6 Å². The molecule has 0 unspecified atom stereocenters. The van der Waals surface area contributed by atoms with E-state index in [0.29, 0.717) is 16.7 Å². The number of benzene rings is 1. The third-order valence-corrected chi connectivity index (χ3v) is 3.37. The summed E-state index contributed by atoms with van der Waals surface area (Å²) < 4.78 is 13.7. The normalized spacial score (nSPS) is 15.7. The van der Waals surface area contributed by atoms with Gasteiger partial charge in [0.15, 0.2) is 5.17 Å². The summed E-state index contributed by atoms with van der Waals surface area (Å²) in [5.41, 5.74) is 1.55. The molecule has 0 spiro atoms. The van der Waals surface area contributed by atoms with Crippen LogP contribution >= 0.6 is 11.8 Å². The number of thioether (sulfide) groups is 1. The van der Waals surface area contributed by atoms with Crippen LogP contribution in [0.2, 0.25) is 0 Å². The monoisotopic (exact) mass is 224 g/mol. The zero-order valence-corrected chi connectivity index (χ0v) is 9.57. The van der Waals surface area contributed by atoms with E-state index in [0.717, 1.165) is 5.56 Å². The standard InChI is InChI=1S/C11H13FN2S/c1-7(2)8-4-3-5-9(12)10(8)14-6-15-11(14)13/h3-5,7,13H,6H2,1-2H3. The van der Waals surface area contributed by atoms with E-state index >= 15 is 0 Å². The van der Waals surface area contributed by atoms with Crippen molar-refractivity contribution >= 4 is 22.6 Å². The van der Waals surface area contributed by atoms with E-state index in [2.05, 4.69) is 0 Å². The number of hydrogen-bond acceptors (Lipinski definition) is 2. The van der Waals surface area contributed by atoms with E-state index in [1.807, 2.05) is 19.9 Å². The first-order chi connectivity index (χ1) is 7.11. The van der Waals surface area contributed by atoms with Crippen molar-refractivity contribution in [1.82, 2.24) is 0 Å². The lowest BCUT2D eigenvalue weighted by atomic mass is 10.0. The van der Waals surface area contributed by atoms with Crippen LogP contribution in [0.3, 0.4) is 0 Å². The van der Waals surface area contributed by atoms with Crippen LogP contribution in [0.5, 0.6) is 0 Å². The molecule has 1 heterocycles. The zero-order chi connectivity index (χ0) is 11.0. The molecule has 2 nitrogen and oxygen atoms in total. The molecule has 0 radical (unpaired) electrons. The van der Waals surface area contributed by atoms with Crippen LogP contribution in [-0.4, -0.2) is 11.0 Å². The highest BCUT2D eigenvalue weighted by Crippen LogP contribution is 2.36. The highest BCUT2D eigenvalue weighted by molar-refractivity contribution is 8.16. The van der Waals surface area contributed by atoms with E-state index in [4.69, 9.17) is 5.41 Å². The van der Waals surface area contributed by atoms with E-state index < -0.39 is 0 Å². The Labute approximate surface area is 93.0 Å². The van der Waals surface area contributed by atoms with Gasteiger partial charge in [-0.25, -0.2) is 4.39 Å². The van der Waals surface area contributed by atoms with Crippen molar-refractivity contribution in [3.63, 3.8) is 0 Å². The lowest BCUT2D eigenvalue weighted by Gasteiger charge is -2.34. The van der Waals surface area contributed by atoms with Gasteiger partial charge >= 0.3 is 0 Å². The molecule has 2 rings (SSSR count). The zero-order valence-electron chi connectivity index (χ0n) is 8.75. The van der Waals surface area contributed by atoms with Crippen molar-refractivity contribution in [1.29, 1.82) is 5.41 Å². The highest BCUT2D eigenvalue weighted by Gasteiger charge is 2.28. The Morgan fingerprint density at radius 3 is 2.67 bits per heavy atom. The van der Waals surface area contributed by atoms with Gasteiger partial charge in [-0.05, 0) is 17.5 Å². The summed E-state index contributed by atoms with van der Waals surface area (Å²) >= 11 is 1.43. The number of anilines is 1. The molecule has 4 heteroatoms. The highest BCUT2D eigenvalue weighted by atomic mass is 32.2. The second-order valence-electron chi connectivity index (χ2n) is 3.84. The molecule has 1 aliphatic heterocycles. The van der Waals surface area contributed by atoms with Crippen LogP contribution in [0.25, 0.3) is 0 Å². The molecule has 0 aliphatic carbocycles. The third-order valence-electron chi connectivity index (χ3n) is 2.49. The average molecular weight is 224 g/mol. The summed E-state index contributed by atoms with van der Waals surface area (Å²) in [6.45, 7) is 4.07. The van der Waals surface area contributed by atoms with Gasteiger partial charge in [0.25, 0.3) is 0 Å². The molecule has 0 aromatic heterocycles. The Hall–Kier alpha value is -1.03. The van der Waals surface area contributed by atoms with Gasteiger partial charge in [0, 0.05) is 0 Å². The SMILES string of the molecule is CC(C)c1cccc(F)c1N1CSC1=N. The van der Waals surface area contributed by atoms with Crippen molar-refractivity contribution in [3.8, 4) is 0 Å². The van der Waals surface area contributed by atoms with E-state index in [-0.39, 0.29) is 11.7 Å². The fourth-order valence-corrected chi connectivity index (χ4v) is 2.25. The summed E-state index contributed by atoms with van der Waals surface area (Å²) in [7, 11) is 0. The molecular weight excluding hydrogens is 211 g/mol. The molecule has 1 saturated heterocycles. The Kier molecular flexibility index (Phi) is 2.69. The minimum Gasteiger partial charge on any atom is -0.308 e. The van der Waals surface area contributed by atoms with Gasteiger partial charge in [-0.15, -0.1) is 0 Å². The number of rotatable bonds is 2. The molecule has 1 aromatic carbocycles. The maximum absolute atomic E-state index is 13.7. The molecule has 0 atom stereocenters. The Balaban J connectivity index is 2.47. The smallest absolute Gasteiger partial charge is 0.163 e. The number of nitrogens with zero attached hydrogens (tertiary/aromatic N) is 1. The predicted octanol–water partition coefficient (Wildman–Crippen LogP) is 3.39. The fraction of sp³-hybridized carbons (Fsp3) is 0.364. The largest absolute Gasteiger partial charge is 0.308 e. The summed E-state index contributed by atoms with van der Waals surface area (Å²) in [4.78, 5) is 1.72. The van der Waals surface area contributed by atoms with Crippen molar-refractivity contribution in [2.24, 2.45) is 0 Å². The van der Waals surface area contributed by atoms with Crippen LogP contribution in [0, 0.1) is 11.2 Å².